The Kier molecular flexibility index (Phi) is 12.8. The second-order valence-corrected chi connectivity index (χ2v) is 6.42. The number of hydrogen-bond acceptors (Lipinski definition) is 4. The van der Waals surface area contributed by atoms with E-state index in [2.05, 4.69) is 32.4 Å². The van der Waals surface area contributed by atoms with E-state index in [4.69, 9.17) is 10.2 Å². The Balaban J connectivity index is 0. The zero-order valence-electron chi connectivity index (χ0n) is 14.1. The highest BCUT2D eigenvalue weighted by molar-refractivity contribution is 7.97. The summed E-state index contributed by atoms with van der Waals surface area (Å²) in [5, 5.41) is 17.4. The molecule has 0 aromatic heterocycles. The molecule has 0 heterocycles. The molecule has 1 aromatic carbocycles. The Morgan fingerprint density at radius 1 is 1.09 bits per heavy atom. The van der Waals surface area contributed by atoms with Crippen molar-refractivity contribution in [1.29, 1.82) is 0 Å². The molecule has 3 N–H and O–H groups in total. The zero-order valence-corrected chi connectivity index (χ0v) is 15.8. The second kappa shape index (κ2) is 12.2. The molecule has 0 unspecified atom stereocenters. The van der Waals surface area contributed by atoms with E-state index in [1.54, 1.807) is 0 Å². The molecule has 1 rings (SSSR count). The summed E-state index contributed by atoms with van der Waals surface area (Å²) >= 11 is 1.82. The average Bonchev–Trinajstić information content (AvgIpc) is 2.38. The van der Waals surface area contributed by atoms with E-state index in [1.165, 1.54) is 30.9 Å². The third kappa shape index (κ3) is 10.2. The predicted octanol–water partition coefficient (Wildman–Crippen LogP) is 4.10. The molecular formula is C16H26ClNO4S. The van der Waals surface area contributed by atoms with Crippen LogP contribution in [-0.4, -0.2) is 33.9 Å². The van der Waals surface area contributed by atoms with Crippen molar-refractivity contribution in [1.82, 2.24) is 4.72 Å². The Hall–Kier alpha value is -1.24. The van der Waals surface area contributed by atoms with Gasteiger partial charge in [0.25, 0.3) is 0 Å². The molecule has 5 nitrogen and oxygen atoms in total. The molecule has 0 saturated carbocycles. The van der Waals surface area contributed by atoms with E-state index < -0.39 is 11.9 Å². The highest BCUT2D eigenvalue weighted by atomic mass is 35.5. The van der Waals surface area contributed by atoms with Gasteiger partial charge in [0.05, 0.1) is 11.1 Å². The number of carboxylic acid groups (broad SMARTS) is 2. The molecule has 132 valence electrons. The SMILES string of the molecule is CC(C)CSNC(C)C.Cc1c(C(=O)O)cccc1C(=O)O.Cl. The highest BCUT2D eigenvalue weighted by Gasteiger charge is 2.13. The van der Waals surface area contributed by atoms with Gasteiger partial charge in [0, 0.05) is 11.8 Å². The number of benzene rings is 1. The van der Waals surface area contributed by atoms with Crippen molar-refractivity contribution in [3.63, 3.8) is 0 Å². The van der Waals surface area contributed by atoms with Crippen LogP contribution in [0.2, 0.25) is 0 Å². The van der Waals surface area contributed by atoms with Crippen LogP contribution in [0, 0.1) is 12.8 Å². The minimum Gasteiger partial charge on any atom is -0.478 e. The monoisotopic (exact) mass is 363 g/mol. The highest BCUT2D eigenvalue weighted by Crippen LogP contribution is 2.13. The van der Waals surface area contributed by atoms with Crippen molar-refractivity contribution in [2.45, 2.75) is 40.7 Å². The van der Waals surface area contributed by atoms with Crippen LogP contribution in [0.5, 0.6) is 0 Å². The Morgan fingerprint density at radius 3 is 1.83 bits per heavy atom. The van der Waals surface area contributed by atoms with Crippen molar-refractivity contribution in [2.75, 3.05) is 5.75 Å². The molecule has 0 bridgehead atoms. The van der Waals surface area contributed by atoms with Crippen molar-refractivity contribution >= 4 is 36.3 Å². The molecule has 7 heteroatoms. The molecule has 0 spiro atoms. The fourth-order valence-corrected chi connectivity index (χ4v) is 2.24. The minimum absolute atomic E-state index is 0. The number of nitrogens with one attached hydrogen (secondary N) is 1. The summed E-state index contributed by atoms with van der Waals surface area (Å²) in [6.45, 7) is 10.3. The van der Waals surface area contributed by atoms with Gasteiger partial charge in [-0.05, 0) is 44.4 Å². The van der Waals surface area contributed by atoms with Crippen LogP contribution < -0.4 is 4.72 Å². The third-order valence-electron chi connectivity index (χ3n) is 2.53. The molecular weight excluding hydrogens is 338 g/mol. The number of aromatic carboxylic acids is 2. The maximum atomic E-state index is 10.6. The maximum Gasteiger partial charge on any atom is 0.335 e. The molecule has 0 fully saturated rings. The number of rotatable bonds is 6. The number of carbonyl (C=O) groups is 2. The summed E-state index contributed by atoms with van der Waals surface area (Å²) in [5.41, 5.74) is 0.335. The van der Waals surface area contributed by atoms with Crippen LogP contribution in [0.4, 0.5) is 0 Å². The van der Waals surface area contributed by atoms with Gasteiger partial charge in [0.15, 0.2) is 0 Å². The first-order chi connectivity index (χ1) is 10.2. The van der Waals surface area contributed by atoms with Gasteiger partial charge in [-0.25, -0.2) is 9.59 Å². The third-order valence-corrected chi connectivity index (χ3v) is 4.00. The lowest BCUT2D eigenvalue weighted by molar-refractivity contribution is 0.0696. The smallest absolute Gasteiger partial charge is 0.335 e. The lowest BCUT2D eigenvalue weighted by Crippen LogP contribution is -2.15. The van der Waals surface area contributed by atoms with E-state index in [0.717, 1.165) is 5.92 Å². The molecule has 0 radical (unpaired) electrons. The summed E-state index contributed by atoms with van der Waals surface area (Å²) in [4.78, 5) is 21.2. The molecule has 0 saturated heterocycles. The van der Waals surface area contributed by atoms with E-state index >= 15 is 0 Å². The van der Waals surface area contributed by atoms with Crippen molar-refractivity contribution < 1.29 is 19.8 Å². The molecule has 23 heavy (non-hydrogen) atoms. The molecule has 0 amide bonds. The fraction of sp³-hybridized carbons (Fsp3) is 0.500. The molecule has 0 aliphatic carbocycles. The summed E-state index contributed by atoms with van der Waals surface area (Å²) in [6, 6.07) is 4.78. The summed E-state index contributed by atoms with van der Waals surface area (Å²) in [7, 11) is 0. The first-order valence-corrected chi connectivity index (χ1v) is 8.08. The van der Waals surface area contributed by atoms with Crippen LogP contribution in [0.15, 0.2) is 18.2 Å². The first-order valence-electron chi connectivity index (χ1n) is 7.10. The largest absolute Gasteiger partial charge is 0.478 e. The maximum absolute atomic E-state index is 10.6. The summed E-state index contributed by atoms with van der Waals surface area (Å²) in [6.07, 6.45) is 0. The van der Waals surface area contributed by atoms with Crippen LogP contribution >= 0.6 is 24.4 Å². The Bertz CT molecular complexity index is 467. The minimum atomic E-state index is -1.11. The van der Waals surface area contributed by atoms with Crippen LogP contribution in [0.1, 0.15) is 54.0 Å². The van der Waals surface area contributed by atoms with E-state index in [1.807, 2.05) is 11.9 Å². The lowest BCUT2D eigenvalue weighted by atomic mass is 10.0. The van der Waals surface area contributed by atoms with Crippen LogP contribution in [0.3, 0.4) is 0 Å². The molecule has 0 aliphatic heterocycles. The van der Waals surface area contributed by atoms with Crippen molar-refractivity contribution in [3.05, 3.63) is 34.9 Å². The van der Waals surface area contributed by atoms with Gasteiger partial charge in [-0.1, -0.05) is 31.9 Å². The topological polar surface area (TPSA) is 86.6 Å². The van der Waals surface area contributed by atoms with Gasteiger partial charge in [-0.15, -0.1) is 12.4 Å². The van der Waals surface area contributed by atoms with Gasteiger partial charge < -0.3 is 10.2 Å². The van der Waals surface area contributed by atoms with E-state index in [9.17, 15) is 9.59 Å². The zero-order chi connectivity index (χ0) is 17.3. The second-order valence-electron chi connectivity index (χ2n) is 5.57. The average molecular weight is 364 g/mol. The van der Waals surface area contributed by atoms with E-state index in [-0.39, 0.29) is 29.1 Å². The fourth-order valence-electron chi connectivity index (χ4n) is 1.48. The van der Waals surface area contributed by atoms with Gasteiger partial charge >= 0.3 is 11.9 Å². The first kappa shape index (κ1) is 24.0. The molecule has 0 aliphatic rings. The van der Waals surface area contributed by atoms with Gasteiger partial charge in [-0.2, -0.15) is 0 Å². The normalized spacial score (nSPS) is 9.87. The van der Waals surface area contributed by atoms with E-state index in [0.29, 0.717) is 6.04 Å². The molecule has 0 atom stereocenters. The predicted molar refractivity (Wildman–Crippen MR) is 97.9 cm³/mol. The van der Waals surface area contributed by atoms with Crippen LogP contribution in [-0.2, 0) is 0 Å². The quantitative estimate of drug-likeness (QED) is 0.659. The number of carboxylic acids is 2. The standard InChI is InChI=1S/C9H8O4.C7H17NS.ClH/c1-5-6(8(10)11)3-2-4-7(5)9(12)13;1-6(2)5-9-8-7(3)4;/h2-4H,1H3,(H,10,11)(H,12,13);6-8H,5H2,1-4H3;1H. The van der Waals surface area contributed by atoms with Gasteiger partial charge in [0.1, 0.15) is 0 Å². The summed E-state index contributed by atoms with van der Waals surface area (Å²) in [5.74, 6) is -0.222. The van der Waals surface area contributed by atoms with Crippen molar-refractivity contribution in [3.8, 4) is 0 Å². The van der Waals surface area contributed by atoms with Gasteiger partial charge in [0.2, 0.25) is 0 Å². The lowest BCUT2D eigenvalue weighted by Gasteiger charge is -2.07. The Morgan fingerprint density at radius 2 is 1.52 bits per heavy atom. The molecule has 1 aromatic rings. The summed E-state index contributed by atoms with van der Waals surface area (Å²) < 4.78 is 3.29. The van der Waals surface area contributed by atoms with Gasteiger partial charge in [-0.3, -0.25) is 4.72 Å². The van der Waals surface area contributed by atoms with Crippen molar-refractivity contribution in [2.24, 2.45) is 5.92 Å². The van der Waals surface area contributed by atoms with Crippen LogP contribution in [0.25, 0.3) is 0 Å². The number of hydrogen-bond donors (Lipinski definition) is 3. The number of halogens is 1. The Labute approximate surface area is 148 Å².